The number of alkyl halides is 3. The Morgan fingerprint density at radius 3 is 2.29 bits per heavy atom. The van der Waals surface area contributed by atoms with E-state index in [1.807, 2.05) is 26.8 Å². The number of piperidine rings is 1. The van der Waals surface area contributed by atoms with Gasteiger partial charge < -0.3 is 14.5 Å². The van der Waals surface area contributed by atoms with Crippen molar-refractivity contribution in [1.29, 1.82) is 0 Å². The molecule has 0 bridgehead atoms. The van der Waals surface area contributed by atoms with E-state index in [0.717, 1.165) is 44.1 Å². The van der Waals surface area contributed by atoms with Gasteiger partial charge in [-0.15, -0.1) is 0 Å². The quantitative estimate of drug-likeness (QED) is 0.576. The van der Waals surface area contributed by atoms with Crippen molar-refractivity contribution in [3.8, 4) is 0 Å². The Hall–Kier alpha value is -1.76. The molecule has 0 N–H and O–H groups in total. The molecule has 2 fully saturated rings. The number of carbonyl (C=O) groups excluding carboxylic acids is 1. The van der Waals surface area contributed by atoms with Gasteiger partial charge in [0, 0.05) is 13.1 Å². The average Bonchev–Trinajstić information content (AvgIpc) is 3.20. The Balaban J connectivity index is 1.75. The maximum Gasteiger partial charge on any atom is 0.416 e. The Bertz CT molecular complexity index is 744. The molecule has 1 amide bonds. The zero-order valence-corrected chi connectivity index (χ0v) is 18.9. The molecule has 174 valence electrons. The molecular formula is C24H35F3N2O2. The van der Waals surface area contributed by atoms with Gasteiger partial charge in [0.1, 0.15) is 5.60 Å². The molecule has 4 nitrogen and oxygen atoms in total. The van der Waals surface area contributed by atoms with Gasteiger partial charge in [-0.1, -0.05) is 18.2 Å². The van der Waals surface area contributed by atoms with E-state index in [2.05, 4.69) is 4.90 Å². The predicted octanol–water partition coefficient (Wildman–Crippen LogP) is 5.85. The molecule has 0 saturated carbocycles. The van der Waals surface area contributed by atoms with Gasteiger partial charge in [0.25, 0.3) is 0 Å². The van der Waals surface area contributed by atoms with E-state index in [0.29, 0.717) is 25.9 Å². The summed E-state index contributed by atoms with van der Waals surface area (Å²) in [5.41, 5.74) is -0.770. The highest BCUT2D eigenvalue weighted by molar-refractivity contribution is 5.68. The van der Waals surface area contributed by atoms with Crippen LogP contribution in [-0.2, 0) is 16.3 Å². The predicted molar refractivity (Wildman–Crippen MR) is 115 cm³/mol. The second-order valence-electron chi connectivity index (χ2n) is 9.98. The van der Waals surface area contributed by atoms with Gasteiger partial charge in [0.2, 0.25) is 0 Å². The third kappa shape index (κ3) is 6.37. The second kappa shape index (κ2) is 9.39. The lowest BCUT2D eigenvalue weighted by molar-refractivity contribution is -0.137. The molecule has 3 rings (SSSR count). The highest BCUT2D eigenvalue weighted by Crippen LogP contribution is 2.42. The fourth-order valence-corrected chi connectivity index (χ4v) is 4.80. The minimum atomic E-state index is -4.36. The minimum absolute atomic E-state index is 0.345. The van der Waals surface area contributed by atoms with Crippen LogP contribution in [0.1, 0.15) is 70.4 Å². The Morgan fingerprint density at radius 1 is 1.06 bits per heavy atom. The average molecular weight is 441 g/mol. The van der Waals surface area contributed by atoms with Crippen LogP contribution in [0.15, 0.2) is 24.3 Å². The molecule has 7 heteroatoms. The molecule has 2 heterocycles. The molecule has 31 heavy (non-hydrogen) atoms. The number of likely N-dealkylation sites (tertiary alicyclic amines) is 2. The van der Waals surface area contributed by atoms with E-state index < -0.39 is 17.3 Å². The van der Waals surface area contributed by atoms with Crippen molar-refractivity contribution in [2.45, 2.75) is 76.5 Å². The molecule has 0 spiro atoms. The van der Waals surface area contributed by atoms with Crippen molar-refractivity contribution in [3.05, 3.63) is 35.4 Å². The standard InChI is InChI=1S/C24H35F3N2O2/c1-22(2,3)31-21(30)29-16-11-23(12-17-29,10-7-15-28-13-4-5-14-28)19-8-6-9-20(18-19)24(25,26)27/h6,8-9,18H,4-5,7,10-17H2,1-3H3. The number of hydrogen-bond acceptors (Lipinski definition) is 3. The van der Waals surface area contributed by atoms with Crippen LogP contribution in [0.3, 0.4) is 0 Å². The van der Waals surface area contributed by atoms with E-state index >= 15 is 0 Å². The van der Waals surface area contributed by atoms with Crippen molar-refractivity contribution >= 4 is 6.09 Å². The maximum atomic E-state index is 13.4. The lowest BCUT2D eigenvalue weighted by atomic mass is 9.69. The van der Waals surface area contributed by atoms with Gasteiger partial charge >= 0.3 is 12.3 Å². The number of halogens is 3. The Labute approximate surface area is 183 Å². The third-order valence-electron chi connectivity index (χ3n) is 6.50. The molecule has 2 aliphatic heterocycles. The first-order valence-corrected chi connectivity index (χ1v) is 11.4. The van der Waals surface area contributed by atoms with Gasteiger partial charge in [0.15, 0.2) is 0 Å². The summed E-state index contributed by atoms with van der Waals surface area (Å²) in [4.78, 5) is 16.6. The molecule has 0 radical (unpaired) electrons. The molecular weight excluding hydrogens is 405 g/mol. The number of amides is 1. The van der Waals surface area contributed by atoms with Crippen LogP contribution in [0.4, 0.5) is 18.0 Å². The Morgan fingerprint density at radius 2 is 1.71 bits per heavy atom. The van der Waals surface area contributed by atoms with Crippen LogP contribution in [0.5, 0.6) is 0 Å². The lowest BCUT2D eigenvalue weighted by Gasteiger charge is -2.43. The highest BCUT2D eigenvalue weighted by atomic mass is 19.4. The fourth-order valence-electron chi connectivity index (χ4n) is 4.80. The first-order chi connectivity index (χ1) is 14.5. The van der Waals surface area contributed by atoms with Crippen molar-refractivity contribution in [3.63, 3.8) is 0 Å². The summed E-state index contributed by atoms with van der Waals surface area (Å²) < 4.78 is 45.6. The molecule has 2 aliphatic rings. The van der Waals surface area contributed by atoms with E-state index in [9.17, 15) is 18.0 Å². The van der Waals surface area contributed by atoms with Crippen LogP contribution in [0.2, 0.25) is 0 Å². The summed E-state index contributed by atoms with van der Waals surface area (Å²) in [5.74, 6) is 0. The summed E-state index contributed by atoms with van der Waals surface area (Å²) in [6.07, 6.45) is 0.816. The Kier molecular flexibility index (Phi) is 7.24. The van der Waals surface area contributed by atoms with Gasteiger partial charge in [-0.25, -0.2) is 4.79 Å². The van der Waals surface area contributed by atoms with Gasteiger partial charge in [-0.05, 0) is 96.0 Å². The number of rotatable bonds is 5. The van der Waals surface area contributed by atoms with Crippen LogP contribution in [0.25, 0.3) is 0 Å². The molecule has 1 aromatic carbocycles. The molecule has 0 unspecified atom stereocenters. The summed E-state index contributed by atoms with van der Waals surface area (Å²) in [6, 6.07) is 5.80. The molecule has 0 aliphatic carbocycles. The zero-order chi connectivity index (χ0) is 22.7. The first kappa shape index (κ1) is 23.9. The summed E-state index contributed by atoms with van der Waals surface area (Å²) in [6.45, 7) is 9.70. The largest absolute Gasteiger partial charge is 0.444 e. The zero-order valence-electron chi connectivity index (χ0n) is 18.9. The maximum absolute atomic E-state index is 13.4. The lowest BCUT2D eigenvalue weighted by Crippen LogP contribution is -2.47. The van der Waals surface area contributed by atoms with Crippen LogP contribution in [0, 0.1) is 0 Å². The summed E-state index contributed by atoms with van der Waals surface area (Å²) in [7, 11) is 0. The fraction of sp³-hybridized carbons (Fsp3) is 0.708. The van der Waals surface area contributed by atoms with Crippen LogP contribution in [-0.4, -0.2) is 54.2 Å². The molecule has 1 aromatic rings. The molecule has 0 atom stereocenters. The SMILES string of the molecule is CC(C)(C)OC(=O)N1CCC(CCCN2CCCC2)(c2cccc(C(F)(F)F)c2)CC1. The van der Waals surface area contributed by atoms with E-state index in [4.69, 9.17) is 4.74 Å². The summed E-state index contributed by atoms with van der Waals surface area (Å²) >= 11 is 0. The number of carbonyl (C=O) groups is 1. The van der Waals surface area contributed by atoms with Crippen molar-refractivity contribution in [2.24, 2.45) is 0 Å². The third-order valence-corrected chi connectivity index (χ3v) is 6.50. The van der Waals surface area contributed by atoms with Crippen molar-refractivity contribution in [1.82, 2.24) is 9.80 Å². The van der Waals surface area contributed by atoms with Gasteiger partial charge in [-0.2, -0.15) is 13.2 Å². The van der Waals surface area contributed by atoms with Crippen molar-refractivity contribution < 1.29 is 22.7 Å². The number of benzene rings is 1. The van der Waals surface area contributed by atoms with Crippen LogP contribution >= 0.6 is 0 Å². The summed E-state index contributed by atoms with van der Waals surface area (Å²) in [5, 5.41) is 0. The van der Waals surface area contributed by atoms with Crippen LogP contribution < -0.4 is 0 Å². The number of hydrogen-bond donors (Lipinski definition) is 0. The minimum Gasteiger partial charge on any atom is -0.444 e. The molecule has 0 aromatic heterocycles. The second-order valence-corrected chi connectivity index (χ2v) is 9.98. The van der Waals surface area contributed by atoms with E-state index in [1.165, 1.54) is 25.0 Å². The monoisotopic (exact) mass is 440 g/mol. The topological polar surface area (TPSA) is 32.8 Å². The highest BCUT2D eigenvalue weighted by Gasteiger charge is 2.40. The van der Waals surface area contributed by atoms with Crippen molar-refractivity contribution in [2.75, 3.05) is 32.7 Å². The first-order valence-electron chi connectivity index (χ1n) is 11.4. The normalized spacial score (nSPS) is 20.1. The van der Waals surface area contributed by atoms with E-state index in [1.54, 1.807) is 4.90 Å². The van der Waals surface area contributed by atoms with Gasteiger partial charge in [0.05, 0.1) is 5.56 Å². The van der Waals surface area contributed by atoms with E-state index in [-0.39, 0.29) is 11.5 Å². The van der Waals surface area contributed by atoms with Gasteiger partial charge in [-0.3, -0.25) is 0 Å². The smallest absolute Gasteiger partial charge is 0.416 e. The number of nitrogens with zero attached hydrogens (tertiary/aromatic N) is 2. The number of ether oxygens (including phenoxy) is 1. The molecule has 2 saturated heterocycles.